The molecule has 0 unspecified atom stereocenters. The van der Waals surface area contributed by atoms with Crippen LogP contribution in [0.15, 0.2) is 15.8 Å². The van der Waals surface area contributed by atoms with E-state index in [-0.39, 0.29) is 42.0 Å². The Morgan fingerprint density at radius 3 is 2.54 bits per heavy atom. The lowest BCUT2D eigenvalue weighted by Gasteiger charge is -2.37. The van der Waals surface area contributed by atoms with Gasteiger partial charge in [0, 0.05) is 58.1 Å². The average Bonchev–Trinajstić information content (AvgIpc) is 3.17. The highest BCUT2D eigenvalue weighted by Crippen LogP contribution is 2.15. The summed E-state index contributed by atoms with van der Waals surface area (Å²) in [7, 11) is 3.12. The summed E-state index contributed by atoms with van der Waals surface area (Å²) in [5, 5.41) is 3.33. The first-order valence-electron chi connectivity index (χ1n) is 9.89. The second-order valence-corrected chi connectivity index (χ2v) is 8.02. The summed E-state index contributed by atoms with van der Waals surface area (Å²) in [4.78, 5) is 41.4. The monoisotopic (exact) mass is 393 g/mol. The Balaban J connectivity index is 1.79. The SMILES string of the molecule is C[C@@H]1CN(C(=O)CN(Cc2cn(C)c(=O)n(C)c2=O)[C@@H]2CCNC2)C[C@H](C)O1. The molecule has 1 aromatic rings. The van der Waals surface area contributed by atoms with Crippen LogP contribution in [0.1, 0.15) is 25.8 Å². The predicted molar refractivity (Wildman–Crippen MR) is 105 cm³/mol. The van der Waals surface area contributed by atoms with Crippen molar-refractivity contribution < 1.29 is 9.53 Å². The first-order chi connectivity index (χ1) is 13.3. The van der Waals surface area contributed by atoms with Crippen molar-refractivity contribution in [1.82, 2.24) is 24.3 Å². The van der Waals surface area contributed by atoms with Crippen LogP contribution in [0.2, 0.25) is 0 Å². The molecule has 0 radical (unpaired) electrons. The van der Waals surface area contributed by atoms with Gasteiger partial charge in [-0.15, -0.1) is 0 Å². The molecule has 2 aliphatic heterocycles. The maximum Gasteiger partial charge on any atom is 0.330 e. The van der Waals surface area contributed by atoms with E-state index in [1.54, 1.807) is 13.2 Å². The minimum absolute atomic E-state index is 0.0187. The number of amides is 1. The second-order valence-electron chi connectivity index (χ2n) is 8.02. The number of aromatic nitrogens is 2. The fraction of sp³-hybridized carbons (Fsp3) is 0.737. The lowest BCUT2D eigenvalue weighted by molar-refractivity contribution is -0.145. The number of hydrogen-bond acceptors (Lipinski definition) is 6. The number of ether oxygens (including phenoxy) is 1. The van der Waals surface area contributed by atoms with Gasteiger partial charge in [-0.1, -0.05) is 0 Å². The Morgan fingerprint density at radius 1 is 1.25 bits per heavy atom. The van der Waals surface area contributed by atoms with E-state index < -0.39 is 0 Å². The zero-order valence-electron chi connectivity index (χ0n) is 17.2. The Kier molecular flexibility index (Phi) is 6.36. The summed E-state index contributed by atoms with van der Waals surface area (Å²) in [5.74, 6) is 0.0514. The second kappa shape index (κ2) is 8.59. The van der Waals surface area contributed by atoms with Gasteiger partial charge < -0.3 is 19.5 Å². The molecule has 2 saturated heterocycles. The molecule has 1 N–H and O–H groups in total. The number of hydrogen-bond donors (Lipinski definition) is 1. The van der Waals surface area contributed by atoms with Crippen LogP contribution in [-0.2, 0) is 30.2 Å². The van der Waals surface area contributed by atoms with Crippen molar-refractivity contribution in [2.75, 3.05) is 32.7 Å². The molecule has 1 aromatic heterocycles. The minimum Gasteiger partial charge on any atom is -0.372 e. The van der Waals surface area contributed by atoms with Gasteiger partial charge in [-0.2, -0.15) is 0 Å². The number of rotatable bonds is 5. The van der Waals surface area contributed by atoms with E-state index in [0.717, 1.165) is 24.1 Å². The molecule has 3 heterocycles. The van der Waals surface area contributed by atoms with Crippen LogP contribution < -0.4 is 16.6 Å². The van der Waals surface area contributed by atoms with Gasteiger partial charge in [0.05, 0.1) is 18.8 Å². The van der Waals surface area contributed by atoms with Gasteiger partial charge in [0.2, 0.25) is 5.91 Å². The first kappa shape index (κ1) is 20.8. The Morgan fingerprint density at radius 2 is 1.93 bits per heavy atom. The molecular weight excluding hydrogens is 362 g/mol. The van der Waals surface area contributed by atoms with Crippen LogP contribution in [-0.4, -0.2) is 75.8 Å². The summed E-state index contributed by atoms with van der Waals surface area (Å²) >= 11 is 0. The zero-order valence-corrected chi connectivity index (χ0v) is 17.2. The third-order valence-electron chi connectivity index (χ3n) is 5.55. The van der Waals surface area contributed by atoms with Crippen molar-refractivity contribution in [1.29, 1.82) is 0 Å². The quantitative estimate of drug-likeness (QED) is 0.682. The van der Waals surface area contributed by atoms with Crippen molar-refractivity contribution in [3.8, 4) is 0 Å². The molecule has 0 aliphatic carbocycles. The molecule has 2 fully saturated rings. The lowest BCUT2D eigenvalue weighted by atomic mass is 10.1. The Labute approximate surface area is 164 Å². The van der Waals surface area contributed by atoms with Crippen molar-refractivity contribution >= 4 is 5.91 Å². The number of carbonyl (C=O) groups is 1. The van der Waals surface area contributed by atoms with Crippen molar-refractivity contribution in [3.63, 3.8) is 0 Å². The summed E-state index contributed by atoms with van der Waals surface area (Å²) in [5.41, 5.74) is -0.136. The van der Waals surface area contributed by atoms with Gasteiger partial charge in [-0.05, 0) is 26.8 Å². The third-order valence-corrected chi connectivity index (χ3v) is 5.55. The Hall–Kier alpha value is -1.97. The van der Waals surface area contributed by atoms with E-state index >= 15 is 0 Å². The molecule has 0 spiro atoms. The maximum absolute atomic E-state index is 13.0. The molecule has 0 aromatic carbocycles. The molecule has 0 saturated carbocycles. The molecular formula is C19H31N5O4. The molecule has 28 heavy (non-hydrogen) atoms. The van der Waals surface area contributed by atoms with E-state index in [1.165, 1.54) is 11.6 Å². The van der Waals surface area contributed by atoms with Gasteiger partial charge in [0.25, 0.3) is 5.56 Å². The van der Waals surface area contributed by atoms with Crippen molar-refractivity contribution in [3.05, 3.63) is 32.6 Å². The zero-order chi connectivity index (χ0) is 20.4. The molecule has 1 amide bonds. The van der Waals surface area contributed by atoms with E-state index in [0.29, 0.717) is 25.2 Å². The number of nitrogens with one attached hydrogen (secondary N) is 1. The third kappa shape index (κ3) is 4.53. The fourth-order valence-electron chi connectivity index (χ4n) is 4.13. The summed E-state index contributed by atoms with van der Waals surface area (Å²) in [6.45, 7) is 7.39. The largest absolute Gasteiger partial charge is 0.372 e. The van der Waals surface area contributed by atoms with Gasteiger partial charge in [0.1, 0.15) is 0 Å². The molecule has 2 aliphatic rings. The highest BCUT2D eigenvalue weighted by molar-refractivity contribution is 5.78. The minimum atomic E-state index is -0.352. The smallest absolute Gasteiger partial charge is 0.330 e. The molecule has 9 heteroatoms. The molecule has 3 rings (SSSR count). The van der Waals surface area contributed by atoms with Gasteiger partial charge in [0.15, 0.2) is 0 Å². The van der Waals surface area contributed by atoms with Gasteiger partial charge >= 0.3 is 5.69 Å². The molecule has 156 valence electrons. The summed E-state index contributed by atoms with van der Waals surface area (Å²) in [6, 6.07) is 0.182. The average molecular weight is 393 g/mol. The summed E-state index contributed by atoms with van der Waals surface area (Å²) in [6.07, 6.45) is 2.55. The predicted octanol–water partition coefficient (Wildman–Crippen LogP) is -1.12. The normalized spacial score (nSPS) is 25.5. The molecule has 9 nitrogen and oxygen atoms in total. The van der Waals surface area contributed by atoms with Crippen LogP contribution in [0.5, 0.6) is 0 Å². The standard InChI is InChI=1S/C19H31N5O4/c1-13-8-24(9-14(2)28-13)17(25)12-23(16-5-6-20-7-16)11-15-10-21(3)19(27)22(4)18(15)26/h10,13-14,16,20H,5-9,11-12H2,1-4H3/t13-,14+,16-/m1/s1. The van der Waals surface area contributed by atoms with E-state index in [2.05, 4.69) is 10.2 Å². The lowest BCUT2D eigenvalue weighted by Crippen LogP contribution is -2.52. The summed E-state index contributed by atoms with van der Waals surface area (Å²) < 4.78 is 8.26. The van der Waals surface area contributed by atoms with Gasteiger partial charge in [-0.25, -0.2) is 4.79 Å². The fourth-order valence-corrected chi connectivity index (χ4v) is 4.13. The van der Waals surface area contributed by atoms with Crippen LogP contribution in [0.25, 0.3) is 0 Å². The number of morpholine rings is 1. The van der Waals surface area contributed by atoms with Crippen molar-refractivity contribution in [2.24, 2.45) is 14.1 Å². The molecule has 3 atom stereocenters. The highest BCUT2D eigenvalue weighted by Gasteiger charge is 2.30. The first-order valence-corrected chi connectivity index (χ1v) is 9.89. The van der Waals surface area contributed by atoms with Gasteiger partial charge in [-0.3, -0.25) is 19.1 Å². The van der Waals surface area contributed by atoms with Crippen LogP contribution in [0.4, 0.5) is 0 Å². The van der Waals surface area contributed by atoms with Crippen LogP contribution in [0, 0.1) is 0 Å². The number of carbonyl (C=O) groups excluding carboxylic acids is 1. The number of nitrogens with zero attached hydrogens (tertiary/aromatic N) is 4. The van der Waals surface area contributed by atoms with E-state index in [4.69, 9.17) is 4.74 Å². The van der Waals surface area contributed by atoms with Crippen LogP contribution in [0.3, 0.4) is 0 Å². The maximum atomic E-state index is 13.0. The Bertz CT molecular complexity index is 817. The van der Waals surface area contributed by atoms with Crippen molar-refractivity contribution in [2.45, 2.75) is 45.1 Å². The van der Waals surface area contributed by atoms with E-state index in [9.17, 15) is 14.4 Å². The van der Waals surface area contributed by atoms with E-state index in [1.807, 2.05) is 18.7 Å². The highest BCUT2D eigenvalue weighted by atomic mass is 16.5. The molecule has 0 bridgehead atoms. The van der Waals surface area contributed by atoms with Crippen LogP contribution >= 0.6 is 0 Å². The number of aryl methyl sites for hydroxylation is 1. The topological polar surface area (TPSA) is 88.8 Å².